The highest BCUT2D eigenvalue weighted by molar-refractivity contribution is 7.59. The molecule has 35 heavy (non-hydrogen) atoms. The molecule has 184 valence electrons. The lowest BCUT2D eigenvalue weighted by Crippen LogP contribution is -2.42. The summed E-state index contributed by atoms with van der Waals surface area (Å²) in [5.41, 5.74) is 1.71. The van der Waals surface area contributed by atoms with Crippen LogP contribution in [0.15, 0.2) is 60.7 Å². The zero-order valence-electron chi connectivity index (χ0n) is 19.2. The van der Waals surface area contributed by atoms with E-state index in [0.29, 0.717) is 29.2 Å². The van der Waals surface area contributed by atoms with Crippen molar-refractivity contribution in [2.24, 2.45) is 5.92 Å². The van der Waals surface area contributed by atoms with E-state index in [1.54, 1.807) is 41.3 Å². The van der Waals surface area contributed by atoms with Crippen molar-refractivity contribution in [3.05, 3.63) is 82.9 Å². The Balaban J connectivity index is 0.00000342. The number of ketones is 1. The molecular weight excluding hydrogens is 492 g/mol. The van der Waals surface area contributed by atoms with Gasteiger partial charge in [0.1, 0.15) is 23.2 Å². The van der Waals surface area contributed by atoms with Crippen LogP contribution in [0.2, 0.25) is 5.02 Å². The predicted molar refractivity (Wildman–Crippen MR) is 139 cm³/mol. The lowest BCUT2D eigenvalue weighted by Gasteiger charge is -2.32. The maximum absolute atomic E-state index is 14.4. The van der Waals surface area contributed by atoms with Gasteiger partial charge in [0.25, 0.3) is 0 Å². The number of hydrogen-bond donors (Lipinski definition) is 0. The first-order valence-corrected chi connectivity index (χ1v) is 11.4. The number of benzene rings is 3. The summed E-state index contributed by atoms with van der Waals surface area (Å²) in [5.74, 6) is -1.83. The molecule has 8 heteroatoms. The van der Waals surface area contributed by atoms with Gasteiger partial charge >= 0.3 is 0 Å². The third-order valence-electron chi connectivity index (χ3n) is 6.06. The fourth-order valence-corrected chi connectivity index (χ4v) is 4.45. The summed E-state index contributed by atoms with van der Waals surface area (Å²) in [4.78, 5) is 27.3. The van der Waals surface area contributed by atoms with Gasteiger partial charge in [0.2, 0.25) is 5.91 Å². The Hall–Kier alpha value is -2.90. The Morgan fingerprint density at radius 3 is 2.29 bits per heavy atom. The van der Waals surface area contributed by atoms with Crippen LogP contribution >= 0.6 is 25.1 Å². The summed E-state index contributed by atoms with van der Waals surface area (Å²) in [6, 6.07) is 15.9. The van der Waals surface area contributed by atoms with Crippen molar-refractivity contribution in [3.8, 4) is 16.9 Å². The molecule has 0 unspecified atom stereocenters. The van der Waals surface area contributed by atoms with Crippen LogP contribution < -0.4 is 9.64 Å². The molecule has 0 aliphatic carbocycles. The average molecular weight is 518 g/mol. The van der Waals surface area contributed by atoms with Crippen LogP contribution in [0.25, 0.3) is 11.1 Å². The fraction of sp³-hybridized carbons (Fsp3) is 0.259. The molecule has 4 nitrogen and oxygen atoms in total. The van der Waals surface area contributed by atoms with Crippen LogP contribution in [-0.4, -0.2) is 25.3 Å². The van der Waals surface area contributed by atoms with E-state index in [4.69, 9.17) is 16.3 Å². The number of piperidine rings is 1. The number of anilines is 1. The molecule has 1 atom stereocenters. The summed E-state index contributed by atoms with van der Waals surface area (Å²) in [7, 11) is 1.34. The van der Waals surface area contributed by atoms with Crippen LogP contribution in [0, 0.1) is 17.6 Å². The van der Waals surface area contributed by atoms with Crippen LogP contribution in [0.1, 0.15) is 24.8 Å². The Morgan fingerprint density at radius 1 is 1.06 bits per heavy atom. The van der Waals surface area contributed by atoms with E-state index in [1.807, 2.05) is 12.1 Å². The van der Waals surface area contributed by atoms with Crippen molar-refractivity contribution >= 4 is 42.5 Å². The molecule has 1 saturated heterocycles. The summed E-state index contributed by atoms with van der Waals surface area (Å²) >= 11 is 5.89. The molecule has 0 aromatic heterocycles. The van der Waals surface area contributed by atoms with Gasteiger partial charge in [0, 0.05) is 48.1 Å². The van der Waals surface area contributed by atoms with Crippen molar-refractivity contribution in [3.63, 3.8) is 0 Å². The van der Waals surface area contributed by atoms with Gasteiger partial charge in [-0.15, -0.1) is 0 Å². The Kier molecular flexibility index (Phi) is 8.92. The van der Waals surface area contributed by atoms with Crippen molar-refractivity contribution in [2.45, 2.75) is 25.7 Å². The van der Waals surface area contributed by atoms with Gasteiger partial charge in [-0.2, -0.15) is 13.5 Å². The highest BCUT2D eigenvalue weighted by Crippen LogP contribution is 2.33. The van der Waals surface area contributed by atoms with Crippen molar-refractivity contribution in [2.75, 3.05) is 18.6 Å². The van der Waals surface area contributed by atoms with Crippen LogP contribution in [0.5, 0.6) is 5.75 Å². The summed E-state index contributed by atoms with van der Waals surface area (Å²) < 4.78 is 33.8. The monoisotopic (exact) mass is 517 g/mol. The molecule has 1 aliphatic heterocycles. The number of Topliss-reactive ketones (excluding diaryl/α,β-unsaturated/α-hetero) is 1. The van der Waals surface area contributed by atoms with Crippen molar-refractivity contribution in [1.82, 2.24) is 0 Å². The first-order valence-electron chi connectivity index (χ1n) is 11.1. The number of rotatable bonds is 7. The van der Waals surface area contributed by atoms with Crippen LogP contribution in [-0.2, 0) is 16.0 Å². The van der Waals surface area contributed by atoms with Gasteiger partial charge in [-0.05, 0) is 48.2 Å². The second-order valence-electron chi connectivity index (χ2n) is 8.39. The molecule has 0 bridgehead atoms. The summed E-state index contributed by atoms with van der Waals surface area (Å²) in [6.45, 7) is 0.533. The Bertz CT molecular complexity index is 1180. The number of carbonyl (C=O) groups is 2. The van der Waals surface area contributed by atoms with Crippen LogP contribution in [0.4, 0.5) is 14.5 Å². The molecule has 1 heterocycles. The van der Waals surface area contributed by atoms with Gasteiger partial charge in [0.15, 0.2) is 0 Å². The molecule has 1 aliphatic rings. The molecule has 4 rings (SSSR count). The summed E-state index contributed by atoms with van der Waals surface area (Å²) in [6.07, 6.45) is 1.86. The van der Waals surface area contributed by atoms with Gasteiger partial charge < -0.3 is 9.64 Å². The zero-order chi connectivity index (χ0) is 24.2. The Morgan fingerprint density at radius 2 is 1.69 bits per heavy atom. The van der Waals surface area contributed by atoms with Crippen molar-refractivity contribution in [1.29, 1.82) is 0 Å². The molecule has 1 amide bonds. The van der Waals surface area contributed by atoms with Gasteiger partial charge in [-0.1, -0.05) is 35.9 Å². The quantitative estimate of drug-likeness (QED) is 0.367. The molecule has 0 saturated carbocycles. The van der Waals surface area contributed by atoms with E-state index in [9.17, 15) is 18.4 Å². The largest absolute Gasteiger partial charge is 0.497 e. The molecule has 0 N–H and O–H groups in total. The number of amides is 1. The molecular formula is C27H26ClF2NO3S. The predicted octanol–water partition coefficient (Wildman–Crippen LogP) is 6.35. The maximum Gasteiger partial charge on any atom is 0.230 e. The highest BCUT2D eigenvalue weighted by atomic mass is 35.5. The molecule has 0 spiro atoms. The standard InChI is InChI=1S/C27H24ClF2NO3.H2S/c1-34-23-15-24(29)26(25(30)16-23)18-6-10-21(11-7-18)31-12-2-3-19(27(31)33)14-22(32)13-17-4-8-20(28)9-5-17;/h4-11,15-16,19H,2-3,12-14H2,1H3;1H2/t19-;/m1./s1. The Labute approximate surface area is 215 Å². The van der Waals surface area contributed by atoms with E-state index in [0.717, 1.165) is 24.1 Å². The molecule has 0 radical (unpaired) electrons. The SMILES string of the molecule is COc1cc(F)c(-c2ccc(N3CCC[C@H](CC(=O)Cc4ccc(Cl)cc4)C3=O)cc2)c(F)c1.S. The van der Waals surface area contributed by atoms with Gasteiger partial charge in [-0.3, -0.25) is 9.59 Å². The zero-order valence-corrected chi connectivity index (χ0v) is 20.9. The van der Waals surface area contributed by atoms with Crippen molar-refractivity contribution < 1.29 is 23.1 Å². The molecule has 3 aromatic rings. The minimum absolute atomic E-state index is 0. The first kappa shape index (κ1) is 26.7. The van der Waals surface area contributed by atoms with Gasteiger partial charge in [-0.25, -0.2) is 8.78 Å². The topological polar surface area (TPSA) is 46.6 Å². The molecule has 3 aromatic carbocycles. The lowest BCUT2D eigenvalue weighted by atomic mass is 9.90. The third kappa shape index (κ3) is 6.21. The first-order chi connectivity index (χ1) is 16.4. The lowest BCUT2D eigenvalue weighted by molar-refractivity contribution is -0.128. The summed E-state index contributed by atoms with van der Waals surface area (Å²) in [5, 5.41) is 0.609. The highest BCUT2D eigenvalue weighted by Gasteiger charge is 2.31. The van der Waals surface area contributed by atoms with Crippen LogP contribution in [0.3, 0.4) is 0 Å². The second kappa shape index (κ2) is 11.7. The van der Waals surface area contributed by atoms with E-state index < -0.39 is 11.6 Å². The minimum Gasteiger partial charge on any atom is -0.497 e. The van der Waals surface area contributed by atoms with Gasteiger partial charge in [0.05, 0.1) is 12.7 Å². The third-order valence-corrected chi connectivity index (χ3v) is 6.31. The number of nitrogens with zero attached hydrogens (tertiary/aromatic N) is 1. The number of halogens is 3. The fourth-order valence-electron chi connectivity index (χ4n) is 4.32. The van der Waals surface area contributed by atoms with E-state index in [1.165, 1.54) is 7.11 Å². The normalized spacial score (nSPS) is 15.5. The van der Waals surface area contributed by atoms with E-state index in [-0.39, 0.29) is 55.3 Å². The smallest absolute Gasteiger partial charge is 0.230 e. The minimum atomic E-state index is -0.724. The average Bonchev–Trinajstić information content (AvgIpc) is 2.82. The maximum atomic E-state index is 14.4. The number of carbonyl (C=O) groups excluding carboxylic acids is 2. The number of hydrogen-bond acceptors (Lipinski definition) is 3. The number of methoxy groups -OCH3 is 1. The second-order valence-corrected chi connectivity index (χ2v) is 8.82. The van der Waals surface area contributed by atoms with E-state index in [2.05, 4.69) is 0 Å². The van der Waals surface area contributed by atoms with E-state index >= 15 is 0 Å². The molecule has 1 fully saturated rings. The number of ether oxygens (including phenoxy) is 1.